The third kappa shape index (κ3) is 4.07. The van der Waals surface area contributed by atoms with E-state index in [0.29, 0.717) is 5.75 Å². The summed E-state index contributed by atoms with van der Waals surface area (Å²) in [6.07, 6.45) is 0. The molecular formula is C18H20ClIN2O2. The molecule has 2 aromatic carbocycles. The van der Waals surface area contributed by atoms with E-state index in [2.05, 4.69) is 38.5 Å². The molecule has 0 atom stereocenters. The lowest BCUT2D eigenvalue weighted by atomic mass is 10.1. The molecule has 0 aliphatic carbocycles. The van der Waals surface area contributed by atoms with Gasteiger partial charge in [0.05, 0.1) is 10.7 Å². The predicted molar refractivity (Wildman–Crippen MR) is 106 cm³/mol. The lowest BCUT2D eigenvalue weighted by Crippen LogP contribution is -2.45. The van der Waals surface area contributed by atoms with Crippen molar-refractivity contribution in [3.63, 3.8) is 0 Å². The number of ether oxygens (including phenoxy) is 1. The zero-order valence-corrected chi connectivity index (χ0v) is 16.4. The molecule has 1 heterocycles. The number of phenols is 1. The van der Waals surface area contributed by atoms with Gasteiger partial charge in [-0.2, -0.15) is 0 Å². The molecule has 1 saturated heterocycles. The van der Waals surface area contributed by atoms with Crippen LogP contribution in [0.25, 0.3) is 0 Å². The van der Waals surface area contributed by atoms with E-state index in [-0.39, 0.29) is 5.75 Å². The second-order valence-corrected chi connectivity index (χ2v) is 7.47. The SMILES string of the molecule is COc1cc(CN2CCN(c3cccc(Cl)c3)CC2)cc(I)c1O. The van der Waals surface area contributed by atoms with Gasteiger partial charge in [-0.3, -0.25) is 4.90 Å². The minimum Gasteiger partial charge on any atom is -0.504 e. The summed E-state index contributed by atoms with van der Waals surface area (Å²) in [4.78, 5) is 4.78. The molecule has 1 aliphatic heterocycles. The van der Waals surface area contributed by atoms with E-state index in [4.69, 9.17) is 16.3 Å². The van der Waals surface area contributed by atoms with Gasteiger partial charge in [0, 0.05) is 43.4 Å². The average molecular weight is 459 g/mol. The van der Waals surface area contributed by atoms with E-state index in [1.165, 1.54) is 5.69 Å². The molecule has 4 nitrogen and oxygen atoms in total. The molecule has 0 spiro atoms. The minimum atomic E-state index is 0.215. The fourth-order valence-electron chi connectivity index (χ4n) is 2.97. The van der Waals surface area contributed by atoms with Gasteiger partial charge in [0.1, 0.15) is 0 Å². The molecule has 3 rings (SSSR count). The number of benzene rings is 2. The van der Waals surface area contributed by atoms with Crippen LogP contribution in [0.4, 0.5) is 5.69 Å². The lowest BCUT2D eigenvalue weighted by molar-refractivity contribution is 0.249. The van der Waals surface area contributed by atoms with Crippen LogP contribution < -0.4 is 9.64 Å². The van der Waals surface area contributed by atoms with Crippen molar-refractivity contribution in [2.75, 3.05) is 38.2 Å². The maximum atomic E-state index is 9.95. The van der Waals surface area contributed by atoms with Gasteiger partial charge in [-0.05, 0) is 58.5 Å². The molecular weight excluding hydrogens is 439 g/mol. The van der Waals surface area contributed by atoms with Crippen molar-refractivity contribution in [2.24, 2.45) is 0 Å². The third-order valence-corrected chi connectivity index (χ3v) is 5.32. The summed E-state index contributed by atoms with van der Waals surface area (Å²) < 4.78 is 6.07. The number of rotatable bonds is 4. The van der Waals surface area contributed by atoms with E-state index in [9.17, 15) is 5.11 Å². The molecule has 1 fully saturated rings. The summed E-state index contributed by atoms with van der Waals surface area (Å²) in [5.74, 6) is 0.752. The van der Waals surface area contributed by atoms with Crippen molar-refractivity contribution in [2.45, 2.75) is 6.54 Å². The first-order valence-electron chi connectivity index (χ1n) is 7.85. The zero-order valence-electron chi connectivity index (χ0n) is 13.5. The van der Waals surface area contributed by atoms with Gasteiger partial charge in [-0.1, -0.05) is 17.7 Å². The number of phenolic OH excluding ortho intramolecular Hbond substituents is 1. The van der Waals surface area contributed by atoms with Crippen LogP contribution in [0.5, 0.6) is 11.5 Å². The highest BCUT2D eigenvalue weighted by Gasteiger charge is 2.18. The normalized spacial score (nSPS) is 15.5. The van der Waals surface area contributed by atoms with Gasteiger partial charge < -0.3 is 14.7 Å². The first kappa shape index (κ1) is 17.6. The summed E-state index contributed by atoms with van der Waals surface area (Å²) in [5.41, 5.74) is 2.34. The number of aromatic hydroxyl groups is 1. The van der Waals surface area contributed by atoms with Crippen molar-refractivity contribution in [1.29, 1.82) is 0 Å². The van der Waals surface area contributed by atoms with Gasteiger partial charge >= 0.3 is 0 Å². The van der Waals surface area contributed by atoms with Crippen LogP contribution in [0.3, 0.4) is 0 Å². The number of anilines is 1. The molecule has 0 aromatic heterocycles. The van der Waals surface area contributed by atoms with Gasteiger partial charge in [-0.25, -0.2) is 0 Å². The number of nitrogens with zero attached hydrogens (tertiary/aromatic N) is 2. The molecule has 0 amide bonds. The Hall–Kier alpha value is -1.18. The Morgan fingerprint density at radius 1 is 1.17 bits per heavy atom. The number of halogens is 2. The predicted octanol–water partition coefficient (Wildman–Crippen LogP) is 3.98. The topological polar surface area (TPSA) is 35.9 Å². The van der Waals surface area contributed by atoms with Crippen molar-refractivity contribution < 1.29 is 9.84 Å². The van der Waals surface area contributed by atoms with E-state index < -0.39 is 0 Å². The molecule has 0 unspecified atom stereocenters. The van der Waals surface area contributed by atoms with Gasteiger partial charge in [-0.15, -0.1) is 0 Å². The van der Waals surface area contributed by atoms with E-state index in [1.54, 1.807) is 7.11 Å². The molecule has 128 valence electrons. The first-order chi connectivity index (χ1) is 11.6. The lowest BCUT2D eigenvalue weighted by Gasteiger charge is -2.36. The molecule has 24 heavy (non-hydrogen) atoms. The second kappa shape index (κ2) is 7.80. The van der Waals surface area contributed by atoms with Crippen LogP contribution in [0.15, 0.2) is 36.4 Å². The summed E-state index contributed by atoms with van der Waals surface area (Å²) in [5, 5.41) is 10.7. The average Bonchev–Trinajstić information content (AvgIpc) is 2.58. The van der Waals surface area contributed by atoms with E-state index in [1.807, 2.05) is 30.3 Å². The largest absolute Gasteiger partial charge is 0.504 e. The smallest absolute Gasteiger partial charge is 0.171 e. The first-order valence-corrected chi connectivity index (χ1v) is 9.31. The van der Waals surface area contributed by atoms with E-state index in [0.717, 1.165) is 46.9 Å². The fraction of sp³-hybridized carbons (Fsp3) is 0.333. The highest BCUT2D eigenvalue weighted by atomic mass is 127. The highest BCUT2D eigenvalue weighted by Crippen LogP contribution is 2.33. The minimum absolute atomic E-state index is 0.215. The van der Waals surface area contributed by atoms with Crippen LogP contribution in [-0.2, 0) is 6.54 Å². The van der Waals surface area contributed by atoms with Crippen molar-refractivity contribution >= 4 is 39.9 Å². The van der Waals surface area contributed by atoms with E-state index >= 15 is 0 Å². The second-order valence-electron chi connectivity index (χ2n) is 5.87. The van der Waals surface area contributed by atoms with Crippen LogP contribution in [-0.4, -0.2) is 43.3 Å². The number of piperazine rings is 1. The Balaban J connectivity index is 1.62. The number of methoxy groups -OCH3 is 1. The highest BCUT2D eigenvalue weighted by molar-refractivity contribution is 14.1. The Morgan fingerprint density at radius 3 is 2.58 bits per heavy atom. The maximum absolute atomic E-state index is 9.95. The summed E-state index contributed by atoms with van der Waals surface area (Å²) in [6.45, 7) is 4.80. The Bertz CT molecular complexity index is 718. The summed E-state index contributed by atoms with van der Waals surface area (Å²) in [6, 6.07) is 12.0. The fourth-order valence-corrected chi connectivity index (χ4v) is 3.82. The number of hydrogen-bond acceptors (Lipinski definition) is 4. The zero-order chi connectivity index (χ0) is 17.1. The van der Waals surface area contributed by atoms with Crippen molar-refractivity contribution in [1.82, 2.24) is 4.90 Å². The Kier molecular flexibility index (Phi) is 5.73. The van der Waals surface area contributed by atoms with Crippen molar-refractivity contribution in [3.8, 4) is 11.5 Å². The third-order valence-electron chi connectivity index (χ3n) is 4.26. The monoisotopic (exact) mass is 458 g/mol. The summed E-state index contributed by atoms with van der Waals surface area (Å²) in [7, 11) is 1.58. The molecule has 1 N–H and O–H groups in total. The van der Waals surface area contributed by atoms with Gasteiger partial charge in [0.2, 0.25) is 0 Å². The molecule has 0 bridgehead atoms. The molecule has 0 saturated carbocycles. The quantitative estimate of drug-likeness (QED) is 0.703. The van der Waals surface area contributed by atoms with Crippen LogP contribution in [0.2, 0.25) is 5.02 Å². The standard InChI is InChI=1S/C18H20ClIN2O2/c1-24-17-10-13(9-16(20)18(17)23)12-21-5-7-22(8-6-21)15-4-2-3-14(19)11-15/h2-4,9-11,23H,5-8,12H2,1H3. The Labute approximate surface area is 161 Å². The molecule has 0 radical (unpaired) electrons. The Morgan fingerprint density at radius 2 is 1.92 bits per heavy atom. The van der Waals surface area contributed by atoms with Crippen molar-refractivity contribution in [3.05, 3.63) is 50.6 Å². The van der Waals surface area contributed by atoms with Crippen LogP contribution in [0, 0.1) is 3.57 Å². The van der Waals surface area contributed by atoms with Crippen LogP contribution in [0.1, 0.15) is 5.56 Å². The molecule has 2 aromatic rings. The molecule has 1 aliphatic rings. The van der Waals surface area contributed by atoms with Gasteiger partial charge in [0.25, 0.3) is 0 Å². The molecule has 6 heteroatoms. The maximum Gasteiger partial charge on any atom is 0.171 e. The summed E-state index contributed by atoms with van der Waals surface area (Å²) >= 11 is 8.22. The number of hydrogen-bond donors (Lipinski definition) is 1. The van der Waals surface area contributed by atoms with Crippen LogP contribution >= 0.6 is 34.2 Å². The van der Waals surface area contributed by atoms with Gasteiger partial charge in [0.15, 0.2) is 11.5 Å².